The molecule has 3 nitrogen and oxygen atoms in total. The van der Waals surface area contributed by atoms with E-state index in [-0.39, 0.29) is 6.10 Å². The van der Waals surface area contributed by atoms with E-state index in [1.807, 2.05) is 0 Å². The standard InChI is InChI=1S/C8H17O3P/c1-7-5-3-4-6-8(7)11-12(2,9)10/h7-8H,3-6H2,1-2H3,(H,9,10). The van der Waals surface area contributed by atoms with Crippen LogP contribution in [0.3, 0.4) is 0 Å². The molecule has 0 spiro atoms. The second-order valence-electron chi connectivity index (χ2n) is 3.71. The minimum Gasteiger partial charge on any atom is -0.324 e. The van der Waals surface area contributed by atoms with Crippen molar-refractivity contribution < 1.29 is 14.0 Å². The van der Waals surface area contributed by atoms with Crippen molar-refractivity contribution in [2.45, 2.75) is 38.7 Å². The quantitative estimate of drug-likeness (QED) is 0.683. The highest BCUT2D eigenvalue weighted by atomic mass is 31.2. The van der Waals surface area contributed by atoms with Crippen LogP contribution in [-0.4, -0.2) is 17.7 Å². The second kappa shape index (κ2) is 3.91. The molecule has 0 heterocycles. The van der Waals surface area contributed by atoms with Gasteiger partial charge in [0.05, 0.1) is 6.10 Å². The topological polar surface area (TPSA) is 46.5 Å². The van der Waals surface area contributed by atoms with Crippen LogP contribution in [0.1, 0.15) is 32.6 Å². The molecule has 1 aliphatic carbocycles. The van der Waals surface area contributed by atoms with Gasteiger partial charge in [0, 0.05) is 6.66 Å². The first kappa shape index (κ1) is 10.2. The Hall–Kier alpha value is 0.150. The summed E-state index contributed by atoms with van der Waals surface area (Å²) in [6.07, 6.45) is 4.39. The zero-order valence-corrected chi connectivity index (χ0v) is 8.59. The highest BCUT2D eigenvalue weighted by molar-refractivity contribution is 7.51. The second-order valence-corrected chi connectivity index (χ2v) is 5.53. The summed E-state index contributed by atoms with van der Waals surface area (Å²) in [6, 6.07) is 0. The Morgan fingerprint density at radius 1 is 1.42 bits per heavy atom. The molecule has 12 heavy (non-hydrogen) atoms. The highest BCUT2D eigenvalue weighted by Crippen LogP contribution is 2.42. The fourth-order valence-corrected chi connectivity index (χ4v) is 2.51. The van der Waals surface area contributed by atoms with Gasteiger partial charge in [-0.15, -0.1) is 0 Å². The molecule has 0 aromatic rings. The van der Waals surface area contributed by atoms with Crippen LogP contribution in [0.4, 0.5) is 0 Å². The summed E-state index contributed by atoms with van der Waals surface area (Å²) >= 11 is 0. The van der Waals surface area contributed by atoms with E-state index < -0.39 is 7.60 Å². The lowest BCUT2D eigenvalue weighted by Gasteiger charge is -2.29. The van der Waals surface area contributed by atoms with Crippen molar-refractivity contribution in [1.29, 1.82) is 0 Å². The Kier molecular flexibility index (Phi) is 3.33. The minimum absolute atomic E-state index is 0.000386. The van der Waals surface area contributed by atoms with E-state index >= 15 is 0 Å². The summed E-state index contributed by atoms with van der Waals surface area (Å²) in [4.78, 5) is 9.02. The summed E-state index contributed by atoms with van der Waals surface area (Å²) in [6.45, 7) is 3.34. The molecule has 0 saturated heterocycles. The average Bonchev–Trinajstić information content (AvgIpc) is 1.91. The molecule has 72 valence electrons. The first-order valence-electron chi connectivity index (χ1n) is 4.48. The van der Waals surface area contributed by atoms with Crippen LogP contribution < -0.4 is 0 Å². The largest absolute Gasteiger partial charge is 0.325 e. The maximum atomic E-state index is 11.0. The Morgan fingerprint density at radius 3 is 2.50 bits per heavy atom. The van der Waals surface area contributed by atoms with Crippen LogP contribution in [0.15, 0.2) is 0 Å². The molecule has 1 saturated carbocycles. The number of rotatable bonds is 2. The van der Waals surface area contributed by atoms with Crippen LogP contribution in [0, 0.1) is 5.92 Å². The number of hydrogen-bond acceptors (Lipinski definition) is 2. The van der Waals surface area contributed by atoms with Crippen molar-refractivity contribution in [2.24, 2.45) is 5.92 Å². The molecule has 0 aliphatic heterocycles. The van der Waals surface area contributed by atoms with Crippen molar-refractivity contribution in [3.05, 3.63) is 0 Å². The Bertz CT molecular complexity index is 187. The van der Waals surface area contributed by atoms with Crippen molar-refractivity contribution >= 4 is 7.60 Å². The number of hydrogen-bond donors (Lipinski definition) is 1. The Balaban J connectivity index is 2.44. The molecule has 3 unspecified atom stereocenters. The predicted octanol–water partition coefficient (Wildman–Crippen LogP) is 2.40. The lowest BCUT2D eigenvalue weighted by molar-refractivity contribution is 0.0907. The molecule has 0 radical (unpaired) electrons. The molecule has 1 fully saturated rings. The van der Waals surface area contributed by atoms with Gasteiger partial charge in [0.15, 0.2) is 0 Å². The fraction of sp³-hybridized carbons (Fsp3) is 1.00. The van der Waals surface area contributed by atoms with E-state index in [0.29, 0.717) is 5.92 Å². The monoisotopic (exact) mass is 192 g/mol. The van der Waals surface area contributed by atoms with E-state index in [2.05, 4.69) is 6.92 Å². The van der Waals surface area contributed by atoms with Crippen LogP contribution in [-0.2, 0) is 9.09 Å². The van der Waals surface area contributed by atoms with Crippen LogP contribution >= 0.6 is 7.60 Å². The van der Waals surface area contributed by atoms with Crippen molar-refractivity contribution in [2.75, 3.05) is 6.66 Å². The normalized spacial score (nSPS) is 35.9. The summed E-state index contributed by atoms with van der Waals surface area (Å²) in [7, 11) is -3.27. The van der Waals surface area contributed by atoms with E-state index in [9.17, 15) is 4.57 Å². The first-order valence-corrected chi connectivity index (χ1v) is 6.50. The van der Waals surface area contributed by atoms with Gasteiger partial charge in [0.25, 0.3) is 0 Å². The van der Waals surface area contributed by atoms with E-state index in [0.717, 1.165) is 19.3 Å². The Morgan fingerprint density at radius 2 is 2.00 bits per heavy atom. The molecular formula is C8H17O3P. The van der Waals surface area contributed by atoms with Gasteiger partial charge >= 0.3 is 7.60 Å². The summed E-state index contributed by atoms with van der Waals surface area (Å²) < 4.78 is 16.1. The van der Waals surface area contributed by atoms with Gasteiger partial charge in [-0.3, -0.25) is 4.57 Å². The Labute approximate surface area is 73.7 Å². The molecule has 0 aromatic carbocycles. The fourth-order valence-electron chi connectivity index (χ4n) is 1.69. The summed E-state index contributed by atoms with van der Waals surface area (Å²) in [5.74, 6) is 0.430. The predicted molar refractivity (Wildman–Crippen MR) is 48.3 cm³/mol. The van der Waals surface area contributed by atoms with Gasteiger partial charge in [0.2, 0.25) is 0 Å². The molecule has 0 amide bonds. The summed E-state index contributed by atoms with van der Waals surface area (Å²) in [5.41, 5.74) is 0. The van der Waals surface area contributed by atoms with Crippen molar-refractivity contribution in [1.82, 2.24) is 0 Å². The third kappa shape index (κ3) is 3.26. The third-order valence-corrected chi connectivity index (χ3v) is 3.03. The summed E-state index contributed by atoms with van der Waals surface area (Å²) in [5, 5.41) is 0. The van der Waals surface area contributed by atoms with Gasteiger partial charge in [-0.25, -0.2) is 0 Å². The lowest BCUT2D eigenvalue weighted by Crippen LogP contribution is -2.24. The maximum absolute atomic E-state index is 11.0. The molecule has 3 atom stereocenters. The molecule has 1 aliphatic rings. The first-order chi connectivity index (χ1) is 5.49. The average molecular weight is 192 g/mol. The smallest absolute Gasteiger partial charge is 0.324 e. The van der Waals surface area contributed by atoms with E-state index in [4.69, 9.17) is 9.42 Å². The van der Waals surface area contributed by atoms with Crippen LogP contribution in [0.25, 0.3) is 0 Å². The third-order valence-electron chi connectivity index (χ3n) is 2.36. The van der Waals surface area contributed by atoms with Gasteiger partial charge in [-0.05, 0) is 18.8 Å². The van der Waals surface area contributed by atoms with Gasteiger partial charge in [-0.1, -0.05) is 19.8 Å². The molecule has 0 aromatic heterocycles. The van der Waals surface area contributed by atoms with Crippen molar-refractivity contribution in [3.8, 4) is 0 Å². The van der Waals surface area contributed by atoms with Crippen LogP contribution in [0.2, 0.25) is 0 Å². The molecule has 0 bridgehead atoms. The molecule has 1 N–H and O–H groups in total. The molecule has 4 heteroatoms. The zero-order chi connectivity index (χ0) is 9.19. The maximum Gasteiger partial charge on any atom is 0.325 e. The zero-order valence-electron chi connectivity index (χ0n) is 7.69. The van der Waals surface area contributed by atoms with Crippen LogP contribution in [0.5, 0.6) is 0 Å². The van der Waals surface area contributed by atoms with Gasteiger partial charge in [0.1, 0.15) is 0 Å². The SMILES string of the molecule is CC1CCCCC1OP(C)(=O)O. The molecule has 1 rings (SSSR count). The van der Waals surface area contributed by atoms with Gasteiger partial charge < -0.3 is 9.42 Å². The van der Waals surface area contributed by atoms with E-state index in [1.165, 1.54) is 13.1 Å². The van der Waals surface area contributed by atoms with E-state index in [1.54, 1.807) is 0 Å². The highest BCUT2D eigenvalue weighted by Gasteiger charge is 2.26. The van der Waals surface area contributed by atoms with Gasteiger partial charge in [-0.2, -0.15) is 0 Å². The van der Waals surface area contributed by atoms with Crippen molar-refractivity contribution in [3.63, 3.8) is 0 Å². The molecular weight excluding hydrogens is 175 g/mol. The minimum atomic E-state index is -3.27. The lowest BCUT2D eigenvalue weighted by atomic mass is 9.88.